The molecule has 0 saturated heterocycles. The van der Waals surface area contributed by atoms with Gasteiger partial charge in [-0.3, -0.25) is 19.4 Å². The van der Waals surface area contributed by atoms with Crippen molar-refractivity contribution in [2.45, 2.75) is 53.4 Å². The number of hydrogen-bond donors (Lipinski definition) is 0. The number of fused-ring (bicyclic) bond motifs is 5. The molecule has 0 N–H and O–H groups in total. The third kappa shape index (κ3) is 5.85. The highest BCUT2D eigenvalue weighted by molar-refractivity contribution is 6.40. The molecule has 0 unspecified atom stereocenters. The van der Waals surface area contributed by atoms with Crippen molar-refractivity contribution >= 4 is 67.2 Å². The second kappa shape index (κ2) is 14.3. The molecule has 0 spiro atoms. The van der Waals surface area contributed by atoms with Crippen molar-refractivity contribution in [2.75, 3.05) is 9.80 Å². The summed E-state index contributed by atoms with van der Waals surface area (Å²) in [4.78, 5) is 43.9. The summed E-state index contributed by atoms with van der Waals surface area (Å²) in [5, 5.41) is 4.13. The second-order valence-electron chi connectivity index (χ2n) is 16.6. The maximum Gasteiger partial charge on any atom is 0.197 e. The quantitative estimate of drug-likeness (QED) is 0.124. The molecule has 0 bridgehead atoms. The number of Topliss-reactive ketones (excluding diaryl/α,β-unsaturated/α-hetero) is 2. The van der Waals surface area contributed by atoms with Gasteiger partial charge in [0.15, 0.2) is 23.2 Å². The predicted molar refractivity (Wildman–Crippen MR) is 246 cm³/mol. The van der Waals surface area contributed by atoms with Crippen molar-refractivity contribution in [3.8, 4) is 11.1 Å². The first-order valence-electron chi connectivity index (χ1n) is 20.7. The fourth-order valence-electron chi connectivity index (χ4n) is 9.20. The van der Waals surface area contributed by atoms with Gasteiger partial charge in [-0.2, -0.15) is 0 Å². The monoisotopic (exact) mass is 780 g/mol. The molecular formula is C54H44N4O2. The lowest BCUT2D eigenvalue weighted by Gasteiger charge is -2.31. The van der Waals surface area contributed by atoms with E-state index in [0.717, 1.165) is 83.2 Å². The van der Waals surface area contributed by atoms with E-state index in [2.05, 4.69) is 124 Å². The zero-order valence-electron chi connectivity index (χ0n) is 34.6. The summed E-state index contributed by atoms with van der Waals surface area (Å²) in [7, 11) is 0. The van der Waals surface area contributed by atoms with Crippen molar-refractivity contribution in [2.24, 2.45) is 0 Å². The molecule has 6 nitrogen and oxygen atoms in total. The summed E-state index contributed by atoms with van der Waals surface area (Å²) in [6, 6.07) is 45.5. The van der Waals surface area contributed by atoms with Crippen LogP contribution in [0, 0.1) is 13.8 Å². The number of carbonyl (C=O) groups is 2. The van der Waals surface area contributed by atoms with Crippen LogP contribution in [0.25, 0.3) is 43.7 Å². The number of allylic oxidation sites excluding steroid dienone is 3. The maximum atomic E-state index is 14.3. The molecular weight excluding hydrogens is 737 g/mol. The molecule has 1 aromatic heterocycles. The number of benzene rings is 7. The van der Waals surface area contributed by atoms with Gasteiger partial charge >= 0.3 is 0 Å². The van der Waals surface area contributed by atoms with E-state index in [-0.39, 0.29) is 29.0 Å². The molecule has 0 saturated carbocycles. The van der Waals surface area contributed by atoms with Crippen LogP contribution < -0.4 is 9.80 Å². The third-order valence-electron chi connectivity index (χ3n) is 12.0. The van der Waals surface area contributed by atoms with Crippen LogP contribution in [0.15, 0.2) is 157 Å². The van der Waals surface area contributed by atoms with Crippen LogP contribution in [-0.4, -0.2) is 21.5 Å². The first-order valence-corrected chi connectivity index (χ1v) is 20.7. The van der Waals surface area contributed by atoms with Gasteiger partial charge in [0, 0.05) is 16.7 Å². The first kappa shape index (κ1) is 37.1. The Morgan fingerprint density at radius 1 is 0.500 bits per heavy atom. The van der Waals surface area contributed by atoms with Crippen LogP contribution in [0.3, 0.4) is 0 Å². The lowest BCUT2D eigenvalue weighted by atomic mass is 9.91. The molecule has 60 heavy (non-hydrogen) atoms. The van der Waals surface area contributed by atoms with E-state index in [0.29, 0.717) is 22.8 Å². The average molecular weight is 781 g/mol. The van der Waals surface area contributed by atoms with Gasteiger partial charge in [0.25, 0.3) is 0 Å². The van der Waals surface area contributed by atoms with Gasteiger partial charge in [-0.1, -0.05) is 136 Å². The van der Waals surface area contributed by atoms with Crippen molar-refractivity contribution in [1.29, 1.82) is 0 Å². The smallest absolute Gasteiger partial charge is 0.197 e. The SMILES string of the molecule is Cc1cc(C)c(N2/C(=C/C=C3C(=O)c4cc5ccccc5cc4C3=O)N(c3c(C(C)C)cccc3C(C)C)c3nc4ccccc4nc32)c(-c2cccc3ccccc23)c1. The Labute approximate surface area is 350 Å². The van der Waals surface area contributed by atoms with Crippen LogP contribution in [-0.2, 0) is 0 Å². The Hall–Kier alpha value is -7.18. The Balaban J connectivity index is 1.31. The maximum absolute atomic E-state index is 14.3. The summed E-state index contributed by atoms with van der Waals surface area (Å²) in [5.74, 6) is 1.84. The lowest BCUT2D eigenvalue weighted by Crippen LogP contribution is -2.25. The molecule has 0 atom stereocenters. The molecule has 1 aliphatic carbocycles. The van der Waals surface area contributed by atoms with Gasteiger partial charge in [-0.25, -0.2) is 9.97 Å². The highest BCUT2D eigenvalue weighted by Gasteiger charge is 2.41. The van der Waals surface area contributed by atoms with Gasteiger partial charge in [0.2, 0.25) is 0 Å². The Kier molecular flexibility index (Phi) is 8.83. The molecule has 0 fully saturated rings. The number of aromatic nitrogens is 2. The standard InChI is InChI=1S/C54H44N4O2/c1-31(2)38-20-14-21-39(32(3)4)50(38)58-48(26-25-42-51(59)44-29-36-16-7-8-17-37(36)30-45(44)52(42)60)57(53-54(58)56-47-24-12-11-23-46(47)55-53)49-34(6)27-33(5)28-43(49)41-22-13-18-35-15-9-10-19-40(35)41/h7-32H,1-6H3/b48-26-. The average Bonchev–Trinajstić information content (AvgIpc) is 3.67. The summed E-state index contributed by atoms with van der Waals surface area (Å²) in [6.45, 7) is 13.2. The molecule has 2 heterocycles. The summed E-state index contributed by atoms with van der Waals surface area (Å²) in [5.41, 5.74) is 11.1. The van der Waals surface area contributed by atoms with Gasteiger partial charge in [-0.15, -0.1) is 0 Å². The number of anilines is 4. The Bertz CT molecular complexity index is 3100. The third-order valence-corrected chi connectivity index (χ3v) is 12.0. The normalized spacial score (nSPS) is 14.5. The number of hydrogen-bond acceptors (Lipinski definition) is 6. The van der Waals surface area contributed by atoms with Gasteiger partial charge in [0.05, 0.1) is 28.0 Å². The molecule has 1 aliphatic heterocycles. The number of ketones is 2. The number of rotatable bonds is 6. The fourth-order valence-corrected chi connectivity index (χ4v) is 9.20. The zero-order chi connectivity index (χ0) is 41.4. The minimum absolute atomic E-state index is 0.130. The van der Waals surface area contributed by atoms with Crippen LogP contribution >= 0.6 is 0 Å². The first-order chi connectivity index (χ1) is 29.1. The molecule has 0 radical (unpaired) electrons. The largest absolute Gasteiger partial charge is 0.288 e. The van der Waals surface area contributed by atoms with E-state index in [4.69, 9.17) is 9.97 Å². The van der Waals surface area contributed by atoms with Crippen LogP contribution in [0.5, 0.6) is 0 Å². The fraction of sp³-hybridized carbons (Fsp3) is 0.148. The lowest BCUT2D eigenvalue weighted by molar-refractivity contribution is 0.0988. The minimum Gasteiger partial charge on any atom is -0.288 e. The molecule has 292 valence electrons. The van der Waals surface area contributed by atoms with E-state index in [9.17, 15) is 9.59 Å². The molecule has 2 aliphatic rings. The van der Waals surface area contributed by atoms with E-state index in [1.165, 1.54) is 0 Å². The summed E-state index contributed by atoms with van der Waals surface area (Å²) in [6.07, 6.45) is 3.67. The number of carbonyl (C=O) groups excluding carboxylic acids is 2. The Morgan fingerprint density at radius 2 is 1.02 bits per heavy atom. The van der Waals surface area contributed by atoms with E-state index < -0.39 is 0 Å². The summed E-state index contributed by atoms with van der Waals surface area (Å²) < 4.78 is 0. The topological polar surface area (TPSA) is 66.4 Å². The van der Waals surface area contributed by atoms with Crippen LogP contribution in [0.1, 0.15) is 82.5 Å². The van der Waals surface area contributed by atoms with Crippen LogP contribution in [0.4, 0.5) is 23.0 Å². The predicted octanol–water partition coefficient (Wildman–Crippen LogP) is 13.6. The highest BCUT2D eigenvalue weighted by Crippen LogP contribution is 2.54. The van der Waals surface area contributed by atoms with Crippen molar-refractivity contribution in [3.63, 3.8) is 0 Å². The summed E-state index contributed by atoms with van der Waals surface area (Å²) >= 11 is 0. The highest BCUT2D eigenvalue weighted by atomic mass is 16.2. The number of para-hydroxylation sites is 3. The zero-order valence-corrected chi connectivity index (χ0v) is 34.6. The molecule has 10 rings (SSSR count). The van der Waals surface area contributed by atoms with Gasteiger partial charge in [-0.05, 0) is 112 Å². The van der Waals surface area contributed by atoms with Crippen LogP contribution in [0.2, 0.25) is 0 Å². The van der Waals surface area contributed by atoms with Crippen molar-refractivity contribution in [1.82, 2.24) is 9.97 Å². The van der Waals surface area contributed by atoms with Crippen molar-refractivity contribution in [3.05, 3.63) is 190 Å². The number of aryl methyl sites for hydroxylation is 2. The Morgan fingerprint density at radius 3 is 1.62 bits per heavy atom. The van der Waals surface area contributed by atoms with E-state index >= 15 is 0 Å². The number of nitrogens with zero attached hydrogens (tertiary/aromatic N) is 4. The van der Waals surface area contributed by atoms with E-state index in [1.54, 1.807) is 6.08 Å². The van der Waals surface area contributed by atoms with Crippen molar-refractivity contribution < 1.29 is 9.59 Å². The minimum atomic E-state index is -0.276. The second-order valence-corrected chi connectivity index (χ2v) is 16.6. The van der Waals surface area contributed by atoms with Gasteiger partial charge in [0.1, 0.15) is 5.82 Å². The van der Waals surface area contributed by atoms with E-state index in [1.807, 2.05) is 66.7 Å². The molecule has 6 heteroatoms. The molecule has 8 aromatic rings. The molecule has 0 amide bonds. The molecule has 7 aromatic carbocycles. The van der Waals surface area contributed by atoms with Gasteiger partial charge < -0.3 is 0 Å².